The predicted octanol–water partition coefficient (Wildman–Crippen LogP) is 2.41. The number of ether oxygens (including phenoxy) is 1. The molecule has 0 aliphatic carbocycles. The Morgan fingerprint density at radius 2 is 2.20 bits per heavy atom. The Morgan fingerprint density at radius 3 is 2.80 bits per heavy atom. The lowest BCUT2D eigenvalue weighted by Gasteiger charge is -2.01. The van der Waals surface area contributed by atoms with Crippen molar-refractivity contribution in [3.63, 3.8) is 0 Å². The second-order valence-corrected chi connectivity index (χ2v) is 4.20. The molecule has 0 atom stereocenters. The van der Waals surface area contributed by atoms with Gasteiger partial charge in [-0.2, -0.15) is 0 Å². The monoisotopic (exact) mass is 268 g/mol. The molecule has 1 aromatic carbocycles. The van der Waals surface area contributed by atoms with E-state index in [2.05, 4.69) is 20.5 Å². The third kappa shape index (κ3) is 1.54. The van der Waals surface area contributed by atoms with Gasteiger partial charge in [0, 0.05) is 34.7 Å². The molecule has 4 heteroatoms. The molecule has 0 spiro atoms. The first-order valence-electron chi connectivity index (χ1n) is 4.70. The van der Waals surface area contributed by atoms with E-state index in [1.54, 1.807) is 7.11 Å². The van der Waals surface area contributed by atoms with E-state index in [0.717, 1.165) is 26.8 Å². The van der Waals surface area contributed by atoms with E-state index in [-0.39, 0.29) is 0 Å². The highest BCUT2D eigenvalue weighted by atomic mass is 79.9. The minimum Gasteiger partial charge on any atom is -0.497 e. The van der Waals surface area contributed by atoms with Crippen LogP contribution in [0.1, 0.15) is 5.69 Å². The highest BCUT2D eigenvalue weighted by Crippen LogP contribution is 2.32. The van der Waals surface area contributed by atoms with Crippen LogP contribution < -0.4 is 10.5 Å². The number of aromatic nitrogens is 1. The Balaban J connectivity index is 2.77. The molecule has 0 unspecified atom stereocenters. The SMILES string of the molecule is COc1ccc2c(c1)c(Br)c(CN)n2C. The molecular weight excluding hydrogens is 256 g/mol. The standard InChI is InChI=1S/C11H13BrN2O/c1-14-9-4-3-7(15-2)5-8(9)11(12)10(14)6-13/h3-5H,6,13H2,1-2H3. The second-order valence-electron chi connectivity index (χ2n) is 3.41. The van der Waals surface area contributed by atoms with Gasteiger partial charge in [0.25, 0.3) is 0 Å². The van der Waals surface area contributed by atoms with Gasteiger partial charge in [-0.05, 0) is 34.1 Å². The van der Waals surface area contributed by atoms with Crippen molar-refractivity contribution < 1.29 is 4.74 Å². The lowest BCUT2D eigenvalue weighted by atomic mass is 10.2. The average molecular weight is 269 g/mol. The summed E-state index contributed by atoms with van der Waals surface area (Å²) in [4.78, 5) is 0. The van der Waals surface area contributed by atoms with Crippen LogP contribution in [0.2, 0.25) is 0 Å². The minimum atomic E-state index is 0.522. The molecule has 2 aromatic rings. The molecule has 0 amide bonds. The Hall–Kier alpha value is -1.00. The minimum absolute atomic E-state index is 0.522. The van der Waals surface area contributed by atoms with E-state index in [1.807, 2.05) is 25.2 Å². The maximum absolute atomic E-state index is 5.70. The van der Waals surface area contributed by atoms with E-state index < -0.39 is 0 Å². The number of hydrogen-bond donors (Lipinski definition) is 1. The maximum Gasteiger partial charge on any atom is 0.119 e. The molecule has 0 aliphatic heterocycles. The van der Waals surface area contributed by atoms with Crippen LogP contribution in [0.4, 0.5) is 0 Å². The Bertz CT molecular complexity index is 505. The number of aryl methyl sites for hydroxylation is 1. The fourth-order valence-electron chi connectivity index (χ4n) is 1.79. The quantitative estimate of drug-likeness (QED) is 0.909. The number of nitrogens with two attached hydrogens (primary N) is 1. The predicted molar refractivity (Wildman–Crippen MR) is 65.1 cm³/mol. The van der Waals surface area contributed by atoms with E-state index in [4.69, 9.17) is 10.5 Å². The summed E-state index contributed by atoms with van der Waals surface area (Å²) in [7, 11) is 3.68. The van der Waals surface area contributed by atoms with Gasteiger partial charge in [0.1, 0.15) is 5.75 Å². The number of methoxy groups -OCH3 is 1. The molecule has 3 nitrogen and oxygen atoms in total. The molecule has 0 aliphatic rings. The van der Waals surface area contributed by atoms with Gasteiger partial charge in [0.05, 0.1) is 7.11 Å². The van der Waals surface area contributed by atoms with Crippen molar-refractivity contribution in [1.29, 1.82) is 0 Å². The van der Waals surface area contributed by atoms with Crippen molar-refractivity contribution in [3.05, 3.63) is 28.4 Å². The van der Waals surface area contributed by atoms with E-state index in [1.165, 1.54) is 0 Å². The number of rotatable bonds is 2. The summed E-state index contributed by atoms with van der Waals surface area (Å²) in [6, 6.07) is 6.01. The molecule has 15 heavy (non-hydrogen) atoms. The zero-order chi connectivity index (χ0) is 11.0. The van der Waals surface area contributed by atoms with Gasteiger partial charge in [-0.15, -0.1) is 0 Å². The molecule has 80 valence electrons. The topological polar surface area (TPSA) is 40.2 Å². The second kappa shape index (κ2) is 3.87. The van der Waals surface area contributed by atoms with Crippen molar-refractivity contribution in [2.24, 2.45) is 12.8 Å². The van der Waals surface area contributed by atoms with Gasteiger partial charge in [-0.1, -0.05) is 0 Å². The highest BCUT2D eigenvalue weighted by Gasteiger charge is 2.11. The van der Waals surface area contributed by atoms with E-state index in [9.17, 15) is 0 Å². The molecule has 2 rings (SSSR count). The number of nitrogens with zero attached hydrogens (tertiary/aromatic N) is 1. The normalized spacial score (nSPS) is 10.9. The molecular formula is C11H13BrN2O. The molecule has 0 fully saturated rings. The summed E-state index contributed by atoms with van der Waals surface area (Å²) < 4.78 is 8.35. The summed E-state index contributed by atoms with van der Waals surface area (Å²) in [5.41, 5.74) is 7.96. The van der Waals surface area contributed by atoms with Crippen LogP contribution in [-0.2, 0) is 13.6 Å². The van der Waals surface area contributed by atoms with Gasteiger partial charge < -0.3 is 15.0 Å². The number of hydrogen-bond acceptors (Lipinski definition) is 2. The van der Waals surface area contributed by atoms with Crippen molar-refractivity contribution >= 4 is 26.8 Å². The Labute approximate surface area is 96.9 Å². The van der Waals surface area contributed by atoms with Crippen LogP contribution in [0, 0.1) is 0 Å². The highest BCUT2D eigenvalue weighted by molar-refractivity contribution is 9.10. The first kappa shape index (κ1) is 10.5. The van der Waals surface area contributed by atoms with E-state index >= 15 is 0 Å². The van der Waals surface area contributed by atoms with Crippen LogP contribution in [0.3, 0.4) is 0 Å². The number of fused-ring (bicyclic) bond motifs is 1. The molecule has 0 saturated heterocycles. The Morgan fingerprint density at radius 1 is 1.47 bits per heavy atom. The first-order chi connectivity index (χ1) is 7.19. The fraction of sp³-hybridized carbons (Fsp3) is 0.273. The summed E-state index contributed by atoms with van der Waals surface area (Å²) in [6.07, 6.45) is 0. The zero-order valence-electron chi connectivity index (χ0n) is 8.75. The van der Waals surface area contributed by atoms with E-state index in [0.29, 0.717) is 6.54 Å². The third-order valence-corrected chi connectivity index (χ3v) is 3.54. The average Bonchev–Trinajstić information content (AvgIpc) is 2.51. The van der Waals surface area contributed by atoms with Gasteiger partial charge in [0.15, 0.2) is 0 Å². The maximum atomic E-state index is 5.70. The van der Waals surface area contributed by atoms with Crippen molar-refractivity contribution in [1.82, 2.24) is 4.57 Å². The summed E-state index contributed by atoms with van der Waals surface area (Å²) in [5, 5.41) is 1.14. The molecule has 1 aromatic heterocycles. The lowest BCUT2D eigenvalue weighted by molar-refractivity contribution is 0.415. The Kier molecular flexibility index (Phi) is 2.71. The van der Waals surface area contributed by atoms with Gasteiger partial charge in [-0.25, -0.2) is 0 Å². The molecule has 0 saturated carbocycles. The smallest absolute Gasteiger partial charge is 0.119 e. The van der Waals surface area contributed by atoms with Gasteiger partial charge in [0.2, 0.25) is 0 Å². The number of halogens is 1. The summed E-state index contributed by atoms with van der Waals surface area (Å²) in [6.45, 7) is 0.522. The van der Waals surface area contributed by atoms with Crippen LogP contribution >= 0.6 is 15.9 Å². The lowest BCUT2D eigenvalue weighted by Crippen LogP contribution is -2.03. The van der Waals surface area contributed by atoms with Crippen molar-refractivity contribution in [2.45, 2.75) is 6.54 Å². The fourth-order valence-corrected chi connectivity index (χ4v) is 2.53. The van der Waals surface area contributed by atoms with Crippen LogP contribution in [0.25, 0.3) is 10.9 Å². The third-order valence-electron chi connectivity index (χ3n) is 2.65. The van der Waals surface area contributed by atoms with Crippen LogP contribution in [0.5, 0.6) is 5.75 Å². The van der Waals surface area contributed by atoms with Crippen LogP contribution in [-0.4, -0.2) is 11.7 Å². The van der Waals surface area contributed by atoms with Gasteiger partial charge in [-0.3, -0.25) is 0 Å². The van der Waals surface area contributed by atoms with Crippen molar-refractivity contribution in [3.8, 4) is 5.75 Å². The number of benzene rings is 1. The molecule has 2 N–H and O–H groups in total. The summed E-state index contributed by atoms with van der Waals surface area (Å²) in [5.74, 6) is 0.859. The molecule has 1 heterocycles. The van der Waals surface area contributed by atoms with Crippen LogP contribution in [0.15, 0.2) is 22.7 Å². The molecule has 0 radical (unpaired) electrons. The zero-order valence-corrected chi connectivity index (χ0v) is 10.3. The largest absolute Gasteiger partial charge is 0.497 e. The summed E-state index contributed by atoms with van der Waals surface area (Å²) >= 11 is 3.57. The van der Waals surface area contributed by atoms with Gasteiger partial charge >= 0.3 is 0 Å². The van der Waals surface area contributed by atoms with Crippen molar-refractivity contribution in [2.75, 3.05) is 7.11 Å². The molecule has 0 bridgehead atoms. The first-order valence-corrected chi connectivity index (χ1v) is 5.49.